The third-order valence-electron chi connectivity index (χ3n) is 3.74. The molecule has 2 aliphatic rings. The first-order valence-electron chi connectivity index (χ1n) is 6.47. The van der Waals surface area contributed by atoms with Crippen molar-refractivity contribution >= 4 is 0 Å². The van der Waals surface area contributed by atoms with Crippen LogP contribution in [0.15, 0.2) is 47.6 Å². The molecule has 1 aromatic rings. The van der Waals surface area contributed by atoms with Crippen molar-refractivity contribution in [3.05, 3.63) is 63.4 Å². The van der Waals surface area contributed by atoms with E-state index in [-0.39, 0.29) is 4.92 Å². The molecule has 98 valence electrons. The van der Waals surface area contributed by atoms with Gasteiger partial charge in [-0.15, -0.1) is 0 Å². The zero-order valence-electron chi connectivity index (χ0n) is 10.5. The van der Waals surface area contributed by atoms with Gasteiger partial charge < -0.3 is 4.98 Å². The van der Waals surface area contributed by atoms with Crippen LogP contribution >= 0.6 is 0 Å². The van der Waals surface area contributed by atoms with Gasteiger partial charge >= 0.3 is 0 Å². The van der Waals surface area contributed by atoms with Gasteiger partial charge in [0, 0.05) is 23.9 Å². The van der Waals surface area contributed by atoms with Crippen molar-refractivity contribution < 1.29 is 4.92 Å². The van der Waals surface area contributed by atoms with Gasteiger partial charge in [0.15, 0.2) is 0 Å². The average molecular weight is 257 g/mol. The van der Waals surface area contributed by atoms with E-state index in [2.05, 4.69) is 16.0 Å². The van der Waals surface area contributed by atoms with Crippen LogP contribution in [0.5, 0.6) is 0 Å². The monoisotopic (exact) mass is 257 g/mol. The first-order chi connectivity index (χ1) is 9.24. The summed E-state index contributed by atoms with van der Waals surface area (Å²) in [5.41, 5.74) is 3.36. The molecule has 0 saturated heterocycles. The third kappa shape index (κ3) is 2.36. The van der Waals surface area contributed by atoms with E-state index in [0.717, 1.165) is 42.5 Å². The number of aromatic nitrogens is 2. The minimum absolute atomic E-state index is 0.253. The van der Waals surface area contributed by atoms with Crippen molar-refractivity contribution in [2.75, 3.05) is 0 Å². The molecule has 1 aromatic heterocycles. The fourth-order valence-electron chi connectivity index (χ4n) is 2.80. The number of aromatic amines is 1. The number of H-pyrrole nitrogens is 1. The van der Waals surface area contributed by atoms with Gasteiger partial charge in [-0.25, -0.2) is 4.98 Å². The second-order valence-corrected chi connectivity index (χ2v) is 4.99. The molecule has 0 aromatic carbocycles. The molecule has 0 amide bonds. The predicted octanol–water partition coefficient (Wildman–Crippen LogP) is 2.78. The molecular weight excluding hydrogens is 242 g/mol. The van der Waals surface area contributed by atoms with Gasteiger partial charge in [0.2, 0.25) is 0 Å². The zero-order valence-corrected chi connectivity index (χ0v) is 10.5. The Morgan fingerprint density at radius 2 is 2.37 bits per heavy atom. The van der Waals surface area contributed by atoms with Crippen molar-refractivity contribution in [3.8, 4) is 0 Å². The van der Waals surface area contributed by atoms with Crippen molar-refractivity contribution in [1.82, 2.24) is 9.97 Å². The summed E-state index contributed by atoms with van der Waals surface area (Å²) < 4.78 is 0. The number of nitrogens with one attached hydrogen (secondary N) is 1. The highest BCUT2D eigenvalue weighted by Crippen LogP contribution is 2.37. The molecule has 1 atom stereocenters. The Morgan fingerprint density at radius 3 is 3.11 bits per heavy atom. The molecule has 0 saturated carbocycles. The summed E-state index contributed by atoms with van der Waals surface area (Å²) in [5.74, 6) is 0.316. The van der Waals surface area contributed by atoms with Gasteiger partial charge in [-0.3, -0.25) is 10.1 Å². The third-order valence-corrected chi connectivity index (χ3v) is 3.74. The molecule has 0 radical (unpaired) electrons. The van der Waals surface area contributed by atoms with E-state index in [4.69, 9.17) is 0 Å². The molecule has 5 heteroatoms. The molecule has 19 heavy (non-hydrogen) atoms. The van der Waals surface area contributed by atoms with Crippen LogP contribution in [-0.4, -0.2) is 14.9 Å². The van der Waals surface area contributed by atoms with E-state index in [0.29, 0.717) is 11.6 Å². The van der Waals surface area contributed by atoms with Crippen molar-refractivity contribution in [3.63, 3.8) is 0 Å². The topological polar surface area (TPSA) is 71.8 Å². The first-order valence-corrected chi connectivity index (χ1v) is 6.47. The average Bonchev–Trinajstić information content (AvgIpc) is 2.90. The molecule has 1 unspecified atom stereocenters. The van der Waals surface area contributed by atoms with E-state index in [1.807, 2.05) is 6.08 Å². The molecule has 3 rings (SSSR count). The highest BCUT2D eigenvalue weighted by atomic mass is 16.6. The largest absolute Gasteiger partial charge is 0.348 e. The molecular formula is C14H15N3O2. The number of hydrogen-bond acceptors (Lipinski definition) is 3. The van der Waals surface area contributed by atoms with Gasteiger partial charge in [-0.05, 0) is 42.9 Å². The second kappa shape index (κ2) is 4.84. The SMILES string of the molecule is O=[N+]([O-])C1=CCCC2CC=C(Cc3cnc[nH]3)C=C12. The Hall–Kier alpha value is -2.17. The van der Waals surface area contributed by atoms with Crippen molar-refractivity contribution in [2.24, 2.45) is 5.92 Å². The van der Waals surface area contributed by atoms with E-state index in [1.54, 1.807) is 18.6 Å². The van der Waals surface area contributed by atoms with E-state index < -0.39 is 0 Å². The Kier molecular flexibility index (Phi) is 3.03. The molecule has 1 heterocycles. The smallest absolute Gasteiger partial charge is 0.268 e. The Labute approximate surface area is 110 Å². The normalized spacial score (nSPS) is 22.1. The lowest BCUT2D eigenvalue weighted by Crippen LogP contribution is -2.18. The number of nitro groups is 1. The molecule has 0 fully saturated rings. The maximum atomic E-state index is 11.1. The van der Waals surface area contributed by atoms with Crippen LogP contribution in [0.1, 0.15) is 25.0 Å². The van der Waals surface area contributed by atoms with Crippen molar-refractivity contribution in [2.45, 2.75) is 25.7 Å². The standard InChI is InChI=1S/C14H15N3O2/c18-17(19)14-3-1-2-11-5-4-10(7-13(11)14)6-12-8-15-9-16-12/h3-4,7-9,11H,1-2,5-6H2,(H,15,16). The van der Waals surface area contributed by atoms with Gasteiger partial charge in [-0.2, -0.15) is 0 Å². The fraction of sp³-hybridized carbons (Fsp3) is 0.357. The zero-order chi connectivity index (χ0) is 13.2. The molecule has 0 bridgehead atoms. The van der Waals surface area contributed by atoms with E-state index in [9.17, 15) is 10.1 Å². The lowest BCUT2D eigenvalue weighted by molar-refractivity contribution is -0.422. The highest BCUT2D eigenvalue weighted by Gasteiger charge is 2.30. The van der Waals surface area contributed by atoms with Crippen LogP contribution in [0.3, 0.4) is 0 Å². The summed E-state index contributed by atoms with van der Waals surface area (Å²) in [4.78, 5) is 17.9. The van der Waals surface area contributed by atoms with E-state index >= 15 is 0 Å². The van der Waals surface area contributed by atoms with Crippen molar-refractivity contribution in [1.29, 1.82) is 0 Å². The Balaban J connectivity index is 1.86. The molecule has 0 spiro atoms. The molecule has 0 aliphatic heterocycles. The molecule has 2 aliphatic carbocycles. The Morgan fingerprint density at radius 1 is 1.47 bits per heavy atom. The minimum Gasteiger partial charge on any atom is -0.348 e. The molecule has 1 N–H and O–H groups in total. The van der Waals surface area contributed by atoms with Crippen LogP contribution in [0.25, 0.3) is 0 Å². The number of fused-ring (bicyclic) bond motifs is 1. The summed E-state index contributed by atoms with van der Waals surface area (Å²) in [6, 6.07) is 0. The highest BCUT2D eigenvalue weighted by molar-refractivity contribution is 5.41. The summed E-state index contributed by atoms with van der Waals surface area (Å²) in [6.07, 6.45) is 12.8. The van der Waals surface area contributed by atoms with Crippen LogP contribution in [0, 0.1) is 16.0 Å². The maximum Gasteiger partial charge on any atom is 0.268 e. The van der Waals surface area contributed by atoms with Crippen LogP contribution in [-0.2, 0) is 6.42 Å². The first kappa shape index (κ1) is 11.9. The number of nitrogens with zero attached hydrogens (tertiary/aromatic N) is 2. The molecule has 5 nitrogen and oxygen atoms in total. The number of rotatable bonds is 3. The summed E-state index contributed by atoms with van der Waals surface area (Å²) in [7, 11) is 0. The predicted molar refractivity (Wildman–Crippen MR) is 70.9 cm³/mol. The quantitative estimate of drug-likeness (QED) is 0.668. The van der Waals surface area contributed by atoms with E-state index in [1.165, 1.54) is 0 Å². The van der Waals surface area contributed by atoms with Crippen LogP contribution in [0.2, 0.25) is 0 Å². The van der Waals surface area contributed by atoms with Gasteiger partial charge in [-0.1, -0.05) is 6.08 Å². The van der Waals surface area contributed by atoms with Gasteiger partial charge in [0.25, 0.3) is 5.70 Å². The number of hydrogen-bond donors (Lipinski definition) is 1. The Bertz CT molecular complexity index is 582. The van der Waals surface area contributed by atoms with Gasteiger partial charge in [0.05, 0.1) is 11.3 Å². The van der Waals surface area contributed by atoms with Crippen LogP contribution < -0.4 is 0 Å². The number of imidazole rings is 1. The lowest BCUT2D eigenvalue weighted by Gasteiger charge is -2.24. The van der Waals surface area contributed by atoms with Gasteiger partial charge in [0.1, 0.15) is 0 Å². The minimum atomic E-state index is -0.253. The maximum absolute atomic E-state index is 11.1. The summed E-state index contributed by atoms with van der Waals surface area (Å²) in [6.45, 7) is 0. The van der Waals surface area contributed by atoms with Crippen LogP contribution in [0.4, 0.5) is 0 Å². The lowest BCUT2D eigenvalue weighted by atomic mass is 9.79. The second-order valence-electron chi connectivity index (χ2n) is 4.99. The number of allylic oxidation sites excluding steroid dienone is 5. The summed E-state index contributed by atoms with van der Waals surface area (Å²) in [5, 5.41) is 11.1. The summed E-state index contributed by atoms with van der Waals surface area (Å²) >= 11 is 0. The fourth-order valence-corrected chi connectivity index (χ4v) is 2.80.